The van der Waals surface area contributed by atoms with Crippen LogP contribution in [-0.2, 0) is 10.0 Å². The van der Waals surface area contributed by atoms with Crippen molar-refractivity contribution >= 4 is 27.4 Å². The molecule has 1 atom stereocenters. The fourth-order valence-electron chi connectivity index (χ4n) is 1.82. The van der Waals surface area contributed by atoms with Gasteiger partial charge >= 0.3 is 0 Å². The molecule has 0 aliphatic carbocycles. The van der Waals surface area contributed by atoms with Gasteiger partial charge in [-0.1, -0.05) is 25.4 Å². The quantitative estimate of drug-likeness (QED) is 0.791. The third-order valence-electron chi connectivity index (χ3n) is 2.94. The molecule has 1 aromatic heterocycles. The van der Waals surface area contributed by atoms with Crippen molar-refractivity contribution in [1.29, 1.82) is 0 Å². The highest BCUT2D eigenvalue weighted by Crippen LogP contribution is 2.19. The topological polar surface area (TPSA) is 88.3 Å². The van der Waals surface area contributed by atoms with Crippen molar-refractivity contribution in [1.82, 2.24) is 14.6 Å². The number of nitrogens with two attached hydrogens (primary N) is 1. The molecule has 0 amide bonds. The maximum atomic E-state index is 12.2. The van der Waals surface area contributed by atoms with E-state index in [-0.39, 0.29) is 21.8 Å². The summed E-state index contributed by atoms with van der Waals surface area (Å²) in [7, 11) is -3.64. The minimum atomic E-state index is -3.64. The molecule has 0 saturated carbocycles. The second-order valence-corrected chi connectivity index (χ2v) is 6.67. The van der Waals surface area contributed by atoms with Gasteiger partial charge in [-0.25, -0.2) is 18.1 Å². The average molecular weight is 321 g/mol. The van der Waals surface area contributed by atoms with E-state index in [1.165, 1.54) is 12.3 Å². The molecule has 0 aliphatic rings. The van der Waals surface area contributed by atoms with Gasteiger partial charge in [0.15, 0.2) is 0 Å². The van der Waals surface area contributed by atoms with Crippen molar-refractivity contribution in [3.63, 3.8) is 0 Å². The van der Waals surface area contributed by atoms with Gasteiger partial charge in [-0.05, 0) is 26.1 Å². The van der Waals surface area contributed by atoms with Crippen molar-refractivity contribution in [3.05, 3.63) is 17.3 Å². The lowest BCUT2D eigenvalue weighted by atomic mass is 10.3. The first-order valence-electron chi connectivity index (χ1n) is 6.45. The van der Waals surface area contributed by atoms with Gasteiger partial charge < -0.3 is 10.6 Å². The van der Waals surface area contributed by atoms with Gasteiger partial charge in [-0.3, -0.25) is 0 Å². The normalized spacial score (nSPS) is 13.7. The standard InChI is InChI=1S/C12H21ClN4O2S/c1-4-17(5-2)8-9(3)16-20(18,19)10-6-11(13)12(14)15-7-10/h6-7,9,16H,4-5,8H2,1-3H3,(H2,14,15). The van der Waals surface area contributed by atoms with E-state index in [4.69, 9.17) is 17.3 Å². The summed E-state index contributed by atoms with van der Waals surface area (Å²) in [4.78, 5) is 5.92. The molecule has 3 N–H and O–H groups in total. The van der Waals surface area contributed by atoms with E-state index in [0.29, 0.717) is 6.54 Å². The molecule has 0 saturated heterocycles. The molecule has 0 spiro atoms. The van der Waals surface area contributed by atoms with Crippen LogP contribution in [0.25, 0.3) is 0 Å². The van der Waals surface area contributed by atoms with E-state index in [0.717, 1.165) is 13.1 Å². The molecule has 0 radical (unpaired) electrons. The summed E-state index contributed by atoms with van der Waals surface area (Å²) >= 11 is 5.80. The first-order chi connectivity index (χ1) is 9.30. The van der Waals surface area contributed by atoms with E-state index in [9.17, 15) is 8.42 Å². The molecule has 1 aromatic rings. The number of nitrogens with zero attached hydrogens (tertiary/aromatic N) is 2. The number of anilines is 1. The number of nitrogen functional groups attached to an aromatic ring is 1. The molecular weight excluding hydrogens is 300 g/mol. The number of likely N-dealkylation sites (N-methyl/N-ethyl adjacent to an activating group) is 1. The summed E-state index contributed by atoms with van der Waals surface area (Å²) in [5.41, 5.74) is 5.47. The van der Waals surface area contributed by atoms with E-state index in [1.54, 1.807) is 0 Å². The number of rotatable bonds is 7. The summed E-state index contributed by atoms with van der Waals surface area (Å²) in [5, 5.41) is 0.129. The van der Waals surface area contributed by atoms with Gasteiger partial charge in [-0.2, -0.15) is 0 Å². The highest BCUT2D eigenvalue weighted by molar-refractivity contribution is 7.89. The number of sulfonamides is 1. The van der Waals surface area contributed by atoms with Crippen LogP contribution >= 0.6 is 11.6 Å². The number of pyridine rings is 1. The Morgan fingerprint density at radius 3 is 2.55 bits per heavy atom. The summed E-state index contributed by atoms with van der Waals surface area (Å²) in [6.45, 7) is 8.28. The zero-order chi connectivity index (χ0) is 15.3. The Hall–Kier alpha value is -0.890. The second kappa shape index (κ2) is 7.21. The van der Waals surface area contributed by atoms with Crippen LogP contribution in [0.4, 0.5) is 5.82 Å². The number of hydrogen-bond donors (Lipinski definition) is 2. The Kier molecular flexibility index (Phi) is 6.19. The zero-order valence-electron chi connectivity index (χ0n) is 11.9. The molecule has 1 unspecified atom stereocenters. The summed E-state index contributed by atoms with van der Waals surface area (Å²) in [5.74, 6) is 0.113. The van der Waals surface area contributed by atoms with E-state index in [2.05, 4.69) is 14.6 Å². The highest BCUT2D eigenvalue weighted by atomic mass is 35.5. The van der Waals surface area contributed by atoms with E-state index >= 15 is 0 Å². The van der Waals surface area contributed by atoms with Crippen molar-refractivity contribution in [2.24, 2.45) is 0 Å². The third-order valence-corrected chi connectivity index (χ3v) is 4.80. The fraction of sp³-hybridized carbons (Fsp3) is 0.583. The number of nitrogens with one attached hydrogen (secondary N) is 1. The third kappa shape index (κ3) is 4.59. The molecule has 0 fully saturated rings. The lowest BCUT2D eigenvalue weighted by molar-refractivity contribution is 0.282. The number of hydrogen-bond acceptors (Lipinski definition) is 5. The molecule has 114 valence electrons. The maximum Gasteiger partial charge on any atom is 0.242 e. The maximum absolute atomic E-state index is 12.2. The lowest BCUT2D eigenvalue weighted by Gasteiger charge is -2.23. The van der Waals surface area contributed by atoms with Crippen LogP contribution in [0.3, 0.4) is 0 Å². The first kappa shape index (κ1) is 17.2. The zero-order valence-corrected chi connectivity index (χ0v) is 13.5. The molecule has 8 heteroatoms. The van der Waals surface area contributed by atoms with Crippen LogP contribution in [0.15, 0.2) is 17.2 Å². The molecule has 0 aromatic carbocycles. The van der Waals surface area contributed by atoms with Crippen LogP contribution in [0.5, 0.6) is 0 Å². The van der Waals surface area contributed by atoms with Gasteiger partial charge in [0.1, 0.15) is 10.7 Å². The van der Waals surface area contributed by atoms with E-state index in [1.807, 2.05) is 20.8 Å². The summed E-state index contributed by atoms with van der Waals surface area (Å²) in [6.07, 6.45) is 1.20. The summed E-state index contributed by atoms with van der Waals surface area (Å²) in [6, 6.07) is 1.09. The fourth-order valence-corrected chi connectivity index (χ4v) is 3.25. The van der Waals surface area contributed by atoms with E-state index < -0.39 is 10.0 Å². The smallest absolute Gasteiger partial charge is 0.242 e. The van der Waals surface area contributed by atoms with Crippen LogP contribution in [0.2, 0.25) is 5.02 Å². The molecule has 6 nitrogen and oxygen atoms in total. The Morgan fingerprint density at radius 2 is 2.05 bits per heavy atom. The van der Waals surface area contributed by atoms with Crippen LogP contribution in [-0.4, -0.2) is 44.0 Å². The molecule has 1 rings (SSSR count). The van der Waals surface area contributed by atoms with Crippen LogP contribution in [0, 0.1) is 0 Å². The van der Waals surface area contributed by atoms with Crippen LogP contribution < -0.4 is 10.5 Å². The SMILES string of the molecule is CCN(CC)CC(C)NS(=O)(=O)c1cnc(N)c(Cl)c1. The van der Waals surface area contributed by atoms with Crippen molar-refractivity contribution < 1.29 is 8.42 Å². The molecule has 0 bridgehead atoms. The predicted molar refractivity (Wildman–Crippen MR) is 81.2 cm³/mol. The van der Waals surface area contributed by atoms with Gasteiger partial charge in [0.2, 0.25) is 10.0 Å². The summed E-state index contributed by atoms with van der Waals surface area (Å²) < 4.78 is 27.0. The van der Waals surface area contributed by atoms with Gasteiger partial charge in [0, 0.05) is 18.8 Å². The number of halogens is 1. The molecule has 0 aliphatic heterocycles. The van der Waals surface area contributed by atoms with Crippen molar-refractivity contribution in [2.45, 2.75) is 31.7 Å². The molecule has 20 heavy (non-hydrogen) atoms. The lowest BCUT2D eigenvalue weighted by Crippen LogP contribution is -2.41. The second-order valence-electron chi connectivity index (χ2n) is 4.55. The Labute approximate surface area is 125 Å². The molecular formula is C12H21ClN4O2S. The Bertz CT molecular complexity index is 546. The van der Waals surface area contributed by atoms with Crippen molar-refractivity contribution in [3.8, 4) is 0 Å². The van der Waals surface area contributed by atoms with Gasteiger partial charge in [-0.15, -0.1) is 0 Å². The minimum absolute atomic E-state index is 0.0168. The Morgan fingerprint density at radius 1 is 1.45 bits per heavy atom. The average Bonchev–Trinajstić information content (AvgIpc) is 2.38. The minimum Gasteiger partial charge on any atom is -0.382 e. The Balaban J connectivity index is 2.81. The van der Waals surface area contributed by atoms with Crippen molar-refractivity contribution in [2.75, 3.05) is 25.4 Å². The highest BCUT2D eigenvalue weighted by Gasteiger charge is 2.19. The predicted octanol–water partition coefficient (Wildman–Crippen LogP) is 1.33. The van der Waals surface area contributed by atoms with Crippen LogP contribution in [0.1, 0.15) is 20.8 Å². The first-order valence-corrected chi connectivity index (χ1v) is 8.32. The molecule has 1 heterocycles. The monoisotopic (exact) mass is 320 g/mol. The largest absolute Gasteiger partial charge is 0.382 e. The number of aromatic nitrogens is 1. The van der Waals surface area contributed by atoms with Gasteiger partial charge in [0.25, 0.3) is 0 Å². The van der Waals surface area contributed by atoms with Gasteiger partial charge in [0.05, 0.1) is 5.02 Å².